The van der Waals surface area contributed by atoms with Gasteiger partial charge in [-0.05, 0) is 83.9 Å². The number of β-amino-alcohol motifs (C(OH)–C–C–N with tert-alkyl or cyclic N) is 1. The second kappa shape index (κ2) is 16.6. The van der Waals surface area contributed by atoms with Crippen LogP contribution in [-0.2, 0) is 16.2 Å². The fourth-order valence-electron chi connectivity index (χ4n) is 6.98. The van der Waals surface area contributed by atoms with Crippen molar-refractivity contribution in [2.45, 2.75) is 59.0 Å². The Kier molecular flexibility index (Phi) is 12.3. The van der Waals surface area contributed by atoms with Gasteiger partial charge < -0.3 is 25.2 Å². The molecule has 1 aliphatic carbocycles. The molecule has 0 aromatic heterocycles. The number of amides is 1. The van der Waals surface area contributed by atoms with E-state index in [1.807, 2.05) is 50.2 Å². The van der Waals surface area contributed by atoms with Crippen molar-refractivity contribution in [1.29, 1.82) is 5.26 Å². The lowest BCUT2D eigenvalue weighted by molar-refractivity contribution is -0.118. The van der Waals surface area contributed by atoms with Crippen LogP contribution in [0.15, 0.2) is 63.4 Å². The lowest BCUT2D eigenvalue weighted by Gasteiger charge is -2.35. The molecule has 0 radical (unpaired) electrons. The van der Waals surface area contributed by atoms with E-state index < -0.39 is 5.92 Å². The molecule has 2 aromatic carbocycles. The average Bonchev–Trinajstić information content (AvgIpc) is 3.05. The maximum Gasteiger partial charge on any atom is 0.238 e. The summed E-state index contributed by atoms with van der Waals surface area (Å²) in [5.41, 5.74) is 5.26. The van der Waals surface area contributed by atoms with Crippen LogP contribution in [0.4, 0.5) is 5.69 Å². The van der Waals surface area contributed by atoms with Gasteiger partial charge in [-0.15, -0.1) is 0 Å². The highest BCUT2D eigenvalue weighted by atomic mass is 79.9. The van der Waals surface area contributed by atoms with Crippen LogP contribution < -0.4 is 20.1 Å². The molecule has 2 aliphatic heterocycles. The summed E-state index contributed by atoms with van der Waals surface area (Å²) in [6.45, 7) is 11.0. The Morgan fingerprint density at radius 2 is 1.90 bits per heavy atom. The number of ether oxygens (including phenoxy) is 2. The van der Waals surface area contributed by atoms with E-state index in [1.54, 1.807) is 0 Å². The maximum absolute atomic E-state index is 13.6. The molecule has 3 N–H and O–H groups in total. The van der Waals surface area contributed by atoms with Gasteiger partial charge in [-0.2, -0.15) is 5.26 Å². The van der Waals surface area contributed by atoms with Crippen molar-refractivity contribution >= 4 is 33.3 Å². The number of hydrogen-bond acceptors (Lipinski definition) is 9. The molecule has 11 heteroatoms. The minimum atomic E-state index is -0.490. The zero-order valence-electron chi connectivity index (χ0n) is 28.1. The number of nitrogens with one attached hydrogen (secondary N) is 2. The second-order valence-electron chi connectivity index (χ2n) is 12.7. The summed E-state index contributed by atoms with van der Waals surface area (Å²) >= 11 is 3.71. The number of carbonyl (C=O) groups excluding carboxylic acids is 2. The second-order valence-corrected chi connectivity index (χ2v) is 13.6. The number of nitriles is 1. The molecule has 5 rings (SSSR count). The summed E-state index contributed by atoms with van der Waals surface area (Å²) in [6.07, 6.45) is 3.31. The number of allylic oxidation sites excluding steroid dienone is 4. The van der Waals surface area contributed by atoms with Gasteiger partial charge in [0.05, 0.1) is 41.8 Å². The summed E-state index contributed by atoms with van der Waals surface area (Å²) < 4.78 is 13.0. The van der Waals surface area contributed by atoms with E-state index in [0.29, 0.717) is 64.8 Å². The molecule has 48 heavy (non-hydrogen) atoms. The van der Waals surface area contributed by atoms with Crippen LogP contribution in [0.3, 0.4) is 0 Å². The topological polar surface area (TPSA) is 127 Å². The van der Waals surface area contributed by atoms with Crippen LogP contribution in [0.5, 0.6) is 11.5 Å². The van der Waals surface area contributed by atoms with E-state index in [0.717, 1.165) is 68.0 Å². The van der Waals surface area contributed by atoms with Crippen LogP contribution >= 0.6 is 15.9 Å². The molecule has 10 nitrogen and oxygen atoms in total. The fraction of sp³-hybridized carbons (Fsp3) is 0.486. The van der Waals surface area contributed by atoms with E-state index in [4.69, 9.17) is 14.6 Å². The highest BCUT2D eigenvalue weighted by Crippen LogP contribution is 2.47. The maximum atomic E-state index is 13.6. The Bertz CT molecular complexity index is 1610. The standard InChI is InChI=1S/C37H46BrN5O5/c1-4-7-25-17-31-36(32(45)18-25)35(29(21-39)24(3)40-31)27-19-30(38)37(33(20-27)47-5-2)48-23-26-8-6-9-28(16-26)41-34(46)22-43-12-10-42(11-13-43)14-15-44/h6,8-9,16,19-20,25,35,40,44H,4-5,7,10-15,17-18,22-23H2,1-3H3,(H,41,46). The Morgan fingerprint density at radius 1 is 1.12 bits per heavy atom. The number of Topliss-reactive ketones (excluding diaryl/α,β-unsaturated/α-hetero) is 1. The third-order valence-electron chi connectivity index (χ3n) is 9.24. The number of benzene rings is 2. The summed E-state index contributed by atoms with van der Waals surface area (Å²) in [4.78, 5) is 30.7. The molecular weight excluding hydrogens is 674 g/mol. The van der Waals surface area contributed by atoms with Gasteiger partial charge in [-0.25, -0.2) is 0 Å². The van der Waals surface area contributed by atoms with Crippen LogP contribution in [0.2, 0.25) is 0 Å². The molecular formula is C37H46BrN5O5. The third-order valence-corrected chi connectivity index (χ3v) is 9.83. The molecule has 2 heterocycles. The molecule has 2 aromatic rings. The van der Waals surface area contributed by atoms with E-state index in [1.165, 1.54) is 0 Å². The van der Waals surface area contributed by atoms with E-state index >= 15 is 0 Å². The molecule has 0 spiro atoms. The minimum absolute atomic E-state index is 0.0739. The Morgan fingerprint density at radius 3 is 2.60 bits per heavy atom. The average molecular weight is 721 g/mol. The number of halogens is 1. The van der Waals surface area contributed by atoms with Crippen LogP contribution in [0, 0.1) is 17.2 Å². The van der Waals surface area contributed by atoms with E-state index in [-0.39, 0.29) is 24.9 Å². The number of aliphatic hydroxyl groups excluding tert-OH is 1. The zero-order valence-corrected chi connectivity index (χ0v) is 29.7. The Hall–Kier alpha value is -3.69. The molecule has 2 atom stereocenters. The number of rotatable bonds is 13. The van der Waals surface area contributed by atoms with Gasteiger partial charge in [-0.1, -0.05) is 25.5 Å². The van der Waals surface area contributed by atoms with Crippen molar-refractivity contribution < 1.29 is 24.2 Å². The minimum Gasteiger partial charge on any atom is -0.490 e. The fourth-order valence-corrected chi connectivity index (χ4v) is 7.56. The first-order chi connectivity index (χ1) is 23.2. The number of piperazine rings is 1. The molecule has 0 saturated carbocycles. The molecule has 3 aliphatic rings. The van der Waals surface area contributed by atoms with E-state index in [2.05, 4.69) is 49.4 Å². The third kappa shape index (κ3) is 8.47. The molecule has 2 unspecified atom stereocenters. The summed E-state index contributed by atoms with van der Waals surface area (Å²) in [7, 11) is 0. The molecule has 1 fully saturated rings. The summed E-state index contributed by atoms with van der Waals surface area (Å²) in [5, 5.41) is 25.8. The van der Waals surface area contributed by atoms with Gasteiger partial charge in [0, 0.05) is 61.8 Å². The van der Waals surface area contributed by atoms with E-state index in [9.17, 15) is 14.9 Å². The zero-order chi connectivity index (χ0) is 34.2. The molecule has 1 saturated heterocycles. The SMILES string of the molecule is CCCC1CC(=O)C2=C(C1)NC(C)=C(C#N)C2c1cc(Br)c(OCc2cccc(NC(=O)CN3CCN(CCO)CC3)c2)c(OCC)c1. The van der Waals surface area contributed by atoms with Crippen LogP contribution in [0.1, 0.15) is 63.5 Å². The molecule has 1 amide bonds. The highest BCUT2D eigenvalue weighted by Gasteiger charge is 2.39. The monoisotopic (exact) mass is 719 g/mol. The predicted octanol–water partition coefficient (Wildman–Crippen LogP) is 5.49. The van der Waals surface area contributed by atoms with Gasteiger partial charge >= 0.3 is 0 Å². The molecule has 256 valence electrons. The smallest absolute Gasteiger partial charge is 0.238 e. The van der Waals surface area contributed by atoms with Gasteiger partial charge in [0.2, 0.25) is 5.91 Å². The van der Waals surface area contributed by atoms with Crippen molar-refractivity contribution in [2.24, 2.45) is 5.92 Å². The van der Waals surface area contributed by atoms with Gasteiger partial charge in [0.1, 0.15) is 6.61 Å². The lowest BCUT2D eigenvalue weighted by atomic mass is 9.72. The van der Waals surface area contributed by atoms with Crippen LogP contribution in [-0.4, -0.2) is 79.1 Å². The quantitative estimate of drug-likeness (QED) is 0.246. The summed E-state index contributed by atoms with van der Waals surface area (Å²) in [6, 6.07) is 13.8. The number of ketones is 1. The number of anilines is 1. The number of nitrogens with zero attached hydrogens (tertiary/aromatic N) is 3. The van der Waals surface area contributed by atoms with Gasteiger partial charge in [-0.3, -0.25) is 19.4 Å². The first-order valence-electron chi connectivity index (χ1n) is 16.9. The van der Waals surface area contributed by atoms with Crippen LogP contribution in [0.25, 0.3) is 0 Å². The van der Waals surface area contributed by atoms with Crippen molar-refractivity contribution in [1.82, 2.24) is 15.1 Å². The van der Waals surface area contributed by atoms with Crippen molar-refractivity contribution in [3.8, 4) is 17.6 Å². The van der Waals surface area contributed by atoms with Gasteiger partial charge in [0.25, 0.3) is 0 Å². The number of aliphatic hydroxyl groups is 1. The van der Waals surface area contributed by atoms with Crippen molar-refractivity contribution in [3.63, 3.8) is 0 Å². The highest BCUT2D eigenvalue weighted by molar-refractivity contribution is 9.10. The number of dihydropyridines is 1. The normalized spacial score (nSPS) is 20.2. The Balaban J connectivity index is 1.31. The Labute approximate surface area is 291 Å². The first-order valence-corrected chi connectivity index (χ1v) is 17.7. The lowest BCUT2D eigenvalue weighted by Crippen LogP contribution is -2.49. The summed E-state index contributed by atoms with van der Waals surface area (Å²) in [5.74, 6) is 0.877. The van der Waals surface area contributed by atoms with Gasteiger partial charge in [0.15, 0.2) is 17.3 Å². The van der Waals surface area contributed by atoms with Crippen molar-refractivity contribution in [2.75, 3.05) is 57.8 Å². The predicted molar refractivity (Wildman–Crippen MR) is 189 cm³/mol. The molecule has 0 bridgehead atoms. The van der Waals surface area contributed by atoms with Crippen molar-refractivity contribution in [3.05, 3.63) is 74.5 Å². The first kappa shape index (κ1) is 35.6. The largest absolute Gasteiger partial charge is 0.490 e. The number of carbonyl (C=O) groups is 2. The number of hydrogen-bond donors (Lipinski definition) is 3.